The number of piperidine rings is 2. The van der Waals surface area contributed by atoms with Crippen molar-refractivity contribution >= 4 is 29.2 Å². The SMILES string of the molecule is Cl.O=C(c1ccn(C2CCCNC2)n1)N1CCC(c2c[nH]c3cc(F)ccc23)CC1. The highest BCUT2D eigenvalue weighted by Gasteiger charge is 2.27. The highest BCUT2D eigenvalue weighted by Crippen LogP contribution is 2.33. The normalized spacial score (nSPS) is 20.3. The topological polar surface area (TPSA) is 66.0 Å². The number of nitrogens with zero attached hydrogens (tertiary/aromatic N) is 3. The molecular formula is C22H27ClFN5O. The largest absolute Gasteiger partial charge is 0.361 e. The van der Waals surface area contributed by atoms with Crippen molar-refractivity contribution in [2.24, 2.45) is 0 Å². The van der Waals surface area contributed by atoms with Gasteiger partial charge >= 0.3 is 0 Å². The number of hydrogen-bond donors (Lipinski definition) is 2. The predicted molar refractivity (Wildman–Crippen MR) is 117 cm³/mol. The van der Waals surface area contributed by atoms with Gasteiger partial charge in [-0.15, -0.1) is 12.4 Å². The fourth-order valence-corrected chi connectivity index (χ4v) is 4.73. The first kappa shape index (κ1) is 20.9. The van der Waals surface area contributed by atoms with Gasteiger partial charge in [0.25, 0.3) is 5.91 Å². The lowest BCUT2D eigenvalue weighted by Gasteiger charge is -2.31. The Morgan fingerprint density at radius 1 is 1.17 bits per heavy atom. The summed E-state index contributed by atoms with van der Waals surface area (Å²) in [5.74, 6) is 0.172. The van der Waals surface area contributed by atoms with Gasteiger partial charge in [0.05, 0.1) is 6.04 Å². The van der Waals surface area contributed by atoms with E-state index >= 15 is 0 Å². The van der Waals surface area contributed by atoms with Crippen molar-refractivity contribution in [2.45, 2.75) is 37.6 Å². The summed E-state index contributed by atoms with van der Waals surface area (Å²) in [5, 5.41) is 9.04. The summed E-state index contributed by atoms with van der Waals surface area (Å²) >= 11 is 0. The molecule has 0 spiro atoms. The Bertz CT molecular complexity index is 1020. The molecule has 1 atom stereocenters. The van der Waals surface area contributed by atoms with Crippen molar-refractivity contribution in [3.05, 3.63) is 53.7 Å². The maximum atomic E-state index is 13.4. The van der Waals surface area contributed by atoms with Crippen molar-refractivity contribution in [2.75, 3.05) is 26.2 Å². The number of hydrogen-bond acceptors (Lipinski definition) is 3. The van der Waals surface area contributed by atoms with Gasteiger partial charge in [-0.2, -0.15) is 5.10 Å². The first-order valence-electron chi connectivity index (χ1n) is 10.5. The monoisotopic (exact) mass is 431 g/mol. The van der Waals surface area contributed by atoms with Gasteiger partial charge in [-0.1, -0.05) is 0 Å². The van der Waals surface area contributed by atoms with Gasteiger partial charge in [-0.3, -0.25) is 9.48 Å². The van der Waals surface area contributed by atoms with Gasteiger partial charge in [0.2, 0.25) is 0 Å². The van der Waals surface area contributed by atoms with Crippen LogP contribution in [0.4, 0.5) is 4.39 Å². The first-order chi connectivity index (χ1) is 14.2. The number of amides is 1. The Morgan fingerprint density at radius 2 is 2.00 bits per heavy atom. The molecule has 2 aliphatic rings. The highest BCUT2D eigenvalue weighted by atomic mass is 35.5. The number of rotatable bonds is 3. The molecule has 2 aliphatic heterocycles. The van der Waals surface area contributed by atoms with Gasteiger partial charge < -0.3 is 15.2 Å². The molecule has 2 aromatic heterocycles. The summed E-state index contributed by atoms with van der Waals surface area (Å²) in [4.78, 5) is 18.0. The molecule has 160 valence electrons. The zero-order valence-electron chi connectivity index (χ0n) is 16.8. The maximum absolute atomic E-state index is 13.4. The molecule has 8 heteroatoms. The minimum absolute atomic E-state index is 0. The van der Waals surface area contributed by atoms with Crippen LogP contribution in [0.25, 0.3) is 10.9 Å². The molecule has 30 heavy (non-hydrogen) atoms. The molecule has 2 saturated heterocycles. The molecule has 0 radical (unpaired) electrons. The van der Waals surface area contributed by atoms with Crippen molar-refractivity contribution in [1.29, 1.82) is 0 Å². The second kappa shape index (κ2) is 8.78. The molecule has 0 aliphatic carbocycles. The van der Waals surface area contributed by atoms with Gasteiger partial charge in [0.1, 0.15) is 11.5 Å². The molecule has 4 heterocycles. The summed E-state index contributed by atoms with van der Waals surface area (Å²) < 4.78 is 15.4. The minimum Gasteiger partial charge on any atom is -0.361 e. The number of likely N-dealkylation sites (tertiary alicyclic amines) is 1. The van der Waals surface area contributed by atoms with Crippen molar-refractivity contribution in [3.63, 3.8) is 0 Å². The summed E-state index contributed by atoms with van der Waals surface area (Å²) in [6.45, 7) is 3.41. The molecule has 1 unspecified atom stereocenters. The highest BCUT2D eigenvalue weighted by molar-refractivity contribution is 5.92. The Morgan fingerprint density at radius 3 is 2.77 bits per heavy atom. The van der Waals surface area contributed by atoms with Crippen molar-refractivity contribution < 1.29 is 9.18 Å². The Balaban J connectivity index is 0.00000218. The van der Waals surface area contributed by atoms with Gasteiger partial charge in [-0.05, 0) is 68.0 Å². The van der Waals surface area contributed by atoms with E-state index in [0.717, 1.165) is 62.8 Å². The predicted octanol–water partition coefficient (Wildman–Crippen LogP) is 3.87. The number of H-pyrrole nitrogens is 1. The third-order valence-corrected chi connectivity index (χ3v) is 6.37. The quantitative estimate of drug-likeness (QED) is 0.661. The number of aromatic nitrogens is 3. The lowest BCUT2D eigenvalue weighted by molar-refractivity contribution is 0.0706. The summed E-state index contributed by atoms with van der Waals surface area (Å²) in [7, 11) is 0. The smallest absolute Gasteiger partial charge is 0.274 e. The van der Waals surface area contributed by atoms with Gasteiger partial charge in [0, 0.05) is 42.9 Å². The lowest BCUT2D eigenvalue weighted by Crippen LogP contribution is -2.38. The Labute approximate surface area is 181 Å². The third-order valence-electron chi connectivity index (χ3n) is 6.37. The average molecular weight is 432 g/mol. The number of fused-ring (bicyclic) bond motifs is 1. The van der Waals surface area contributed by atoms with Crippen LogP contribution >= 0.6 is 12.4 Å². The van der Waals surface area contributed by atoms with Crippen LogP contribution < -0.4 is 5.32 Å². The number of benzene rings is 1. The van der Waals surface area contributed by atoms with Crippen LogP contribution in [0, 0.1) is 5.82 Å². The van der Waals surface area contributed by atoms with E-state index in [2.05, 4.69) is 15.4 Å². The van der Waals surface area contributed by atoms with E-state index in [9.17, 15) is 9.18 Å². The van der Waals surface area contributed by atoms with Crippen LogP contribution in [0.2, 0.25) is 0 Å². The summed E-state index contributed by atoms with van der Waals surface area (Å²) in [5.41, 5.74) is 2.60. The van der Waals surface area contributed by atoms with Gasteiger partial charge in [0.15, 0.2) is 0 Å². The van der Waals surface area contributed by atoms with Crippen LogP contribution in [-0.4, -0.2) is 51.8 Å². The molecule has 1 amide bonds. The molecule has 2 fully saturated rings. The molecule has 1 aromatic carbocycles. The fourth-order valence-electron chi connectivity index (χ4n) is 4.73. The van der Waals surface area contributed by atoms with E-state index in [4.69, 9.17) is 0 Å². The summed E-state index contributed by atoms with van der Waals surface area (Å²) in [6.07, 6.45) is 7.98. The molecule has 6 nitrogen and oxygen atoms in total. The van der Waals surface area contributed by atoms with Crippen LogP contribution in [0.5, 0.6) is 0 Å². The molecule has 2 N–H and O–H groups in total. The fraction of sp³-hybridized carbons (Fsp3) is 0.455. The van der Waals surface area contributed by atoms with Crippen molar-refractivity contribution in [1.82, 2.24) is 25.0 Å². The van der Waals surface area contributed by atoms with E-state index in [1.165, 1.54) is 17.7 Å². The molecule has 3 aromatic rings. The zero-order valence-corrected chi connectivity index (χ0v) is 17.6. The zero-order chi connectivity index (χ0) is 19.8. The lowest BCUT2D eigenvalue weighted by atomic mass is 9.89. The van der Waals surface area contributed by atoms with Crippen LogP contribution in [0.15, 0.2) is 36.7 Å². The van der Waals surface area contributed by atoms with Crippen LogP contribution in [0.1, 0.15) is 53.7 Å². The minimum atomic E-state index is -0.227. The average Bonchev–Trinajstić information content (AvgIpc) is 3.41. The Kier molecular flexibility index (Phi) is 6.11. The number of carbonyl (C=O) groups is 1. The van der Waals surface area contributed by atoms with Crippen LogP contribution in [0.3, 0.4) is 0 Å². The van der Waals surface area contributed by atoms with E-state index in [0.29, 0.717) is 17.7 Å². The van der Waals surface area contributed by atoms with E-state index < -0.39 is 0 Å². The van der Waals surface area contributed by atoms with Gasteiger partial charge in [-0.25, -0.2) is 4.39 Å². The third kappa shape index (κ3) is 3.96. The second-order valence-electron chi connectivity index (χ2n) is 8.18. The number of aromatic amines is 1. The molecule has 5 rings (SSSR count). The van der Waals surface area contributed by atoms with E-state index in [1.54, 1.807) is 0 Å². The second-order valence-corrected chi connectivity index (χ2v) is 8.18. The van der Waals surface area contributed by atoms with E-state index in [-0.39, 0.29) is 24.1 Å². The molecule has 0 bridgehead atoms. The summed E-state index contributed by atoms with van der Waals surface area (Å²) in [6, 6.07) is 7.08. The maximum Gasteiger partial charge on any atom is 0.274 e. The number of halogens is 2. The first-order valence-corrected chi connectivity index (χ1v) is 10.5. The van der Waals surface area contributed by atoms with Crippen LogP contribution in [-0.2, 0) is 0 Å². The molecule has 0 saturated carbocycles. The number of carbonyl (C=O) groups excluding carboxylic acids is 1. The number of nitrogens with one attached hydrogen (secondary N) is 2. The Hall–Kier alpha value is -2.38. The molecular weight excluding hydrogens is 405 g/mol. The standard InChI is InChI=1S/C22H26FN5O.ClH/c23-16-3-4-18-19(14-25-21(18)12-16)15-5-9-27(10-6-15)22(29)20-7-11-28(26-20)17-2-1-8-24-13-17;/h3-4,7,11-12,14-15,17,24-25H,1-2,5-6,8-10,13H2;1H. The van der Waals surface area contributed by atoms with E-state index in [1.807, 2.05) is 34.1 Å². The van der Waals surface area contributed by atoms with Crippen molar-refractivity contribution in [3.8, 4) is 0 Å².